The van der Waals surface area contributed by atoms with Gasteiger partial charge in [0.1, 0.15) is 11.4 Å². The van der Waals surface area contributed by atoms with Crippen molar-refractivity contribution in [3.8, 4) is 5.75 Å². The predicted octanol–water partition coefficient (Wildman–Crippen LogP) is 4.07. The lowest BCUT2D eigenvalue weighted by molar-refractivity contribution is 0.558. The lowest BCUT2D eigenvalue weighted by atomic mass is 10.2. The molecule has 2 rings (SSSR count). The molecule has 0 aliphatic carbocycles. The van der Waals surface area contributed by atoms with Crippen LogP contribution in [0.2, 0.25) is 19.6 Å². The van der Waals surface area contributed by atoms with Crippen LogP contribution in [0.4, 0.5) is 5.69 Å². The van der Waals surface area contributed by atoms with Crippen LogP contribution in [0.1, 0.15) is 18.1 Å². The number of rotatable bonds is 4. The van der Waals surface area contributed by atoms with Crippen LogP contribution in [-0.2, 0) is 0 Å². The first-order valence-electron chi connectivity index (χ1n) is 6.69. The largest absolute Gasteiger partial charge is 0.543 e. The summed E-state index contributed by atoms with van der Waals surface area (Å²) in [6.45, 7) is 10.6. The van der Waals surface area contributed by atoms with Crippen LogP contribution in [0, 0.1) is 6.92 Å². The molecular weight excluding hydrogens is 266 g/mol. The first kappa shape index (κ1) is 14.5. The van der Waals surface area contributed by atoms with Gasteiger partial charge in [0, 0.05) is 17.5 Å². The molecule has 0 radical (unpaired) electrons. The Kier molecular flexibility index (Phi) is 4.08. The SMILES string of the molecule is C/C(=N\c1ccc(C)cc1O[Si](C)(C)C)c1cn[nH]c1. The summed E-state index contributed by atoms with van der Waals surface area (Å²) in [6.07, 6.45) is 3.61. The van der Waals surface area contributed by atoms with Gasteiger partial charge in [-0.2, -0.15) is 5.10 Å². The van der Waals surface area contributed by atoms with Crippen LogP contribution in [0.3, 0.4) is 0 Å². The second-order valence-corrected chi connectivity index (χ2v) is 10.3. The monoisotopic (exact) mass is 287 g/mol. The van der Waals surface area contributed by atoms with E-state index in [9.17, 15) is 0 Å². The zero-order valence-corrected chi connectivity index (χ0v) is 13.7. The number of nitrogens with one attached hydrogen (secondary N) is 1. The van der Waals surface area contributed by atoms with E-state index in [0.717, 1.165) is 22.7 Å². The molecule has 1 aromatic heterocycles. The number of aliphatic imine (C=N–C) groups is 1. The summed E-state index contributed by atoms with van der Waals surface area (Å²) in [5.74, 6) is 0.868. The van der Waals surface area contributed by atoms with Crippen LogP contribution in [-0.4, -0.2) is 24.2 Å². The Morgan fingerprint density at radius 3 is 2.65 bits per heavy atom. The van der Waals surface area contributed by atoms with E-state index in [0.29, 0.717) is 0 Å². The average molecular weight is 287 g/mol. The quantitative estimate of drug-likeness (QED) is 0.680. The standard InChI is InChI=1S/C15H21N3OSi/c1-11-6-7-14(15(8-11)19-20(3,4)5)18-12(2)13-9-16-17-10-13/h6-10H,1-5H3,(H,16,17)/b18-12+. The Hall–Kier alpha value is -1.88. The third-order valence-corrected chi connectivity index (χ3v) is 3.57. The van der Waals surface area contributed by atoms with Gasteiger partial charge in [-0.05, 0) is 51.2 Å². The molecule has 0 aliphatic rings. The molecule has 1 heterocycles. The number of aromatic nitrogens is 2. The number of nitrogens with zero attached hydrogens (tertiary/aromatic N) is 2. The molecule has 0 saturated heterocycles. The Morgan fingerprint density at radius 2 is 2.05 bits per heavy atom. The van der Waals surface area contributed by atoms with Crippen LogP contribution < -0.4 is 4.43 Å². The van der Waals surface area contributed by atoms with Crippen LogP contribution in [0.25, 0.3) is 0 Å². The highest BCUT2D eigenvalue weighted by atomic mass is 28.4. The maximum atomic E-state index is 6.14. The third kappa shape index (κ3) is 3.80. The summed E-state index contributed by atoms with van der Waals surface area (Å²) < 4.78 is 6.14. The number of benzene rings is 1. The Morgan fingerprint density at radius 1 is 1.30 bits per heavy atom. The molecule has 0 bridgehead atoms. The van der Waals surface area contributed by atoms with Gasteiger partial charge in [-0.25, -0.2) is 4.99 Å². The zero-order chi connectivity index (χ0) is 14.8. The molecule has 4 nitrogen and oxygen atoms in total. The van der Waals surface area contributed by atoms with E-state index in [4.69, 9.17) is 4.43 Å². The summed E-state index contributed by atoms with van der Waals surface area (Å²) in [5, 5.41) is 6.75. The van der Waals surface area contributed by atoms with Crippen molar-refractivity contribution in [2.45, 2.75) is 33.5 Å². The van der Waals surface area contributed by atoms with Crippen LogP contribution >= 0.6 is 0 Å². The van der Waals surface area contributed by atoms with Gasteiger partial charge in [0.15, 0.2) is 0 Å². The van der Waals surface area contributed by atoms with Gasteiger partial charge >= 0.3 is 0 Å². The minimum Gasteiger partial charge on any atom is -0.543 e. The first-order chi connectivity index (χ1) is 9.35. The number of hydrogen-bond donors (Lipinski definition) is 1. The maximum Gasteiger partial charge on any atom is 0.242 e. The normalized spacial score (nSPS) is 12.6. The van der Waals surface area contributed by atoms with E-state index in [1.807, 2.05) is 19.2 Å². The summed E-state index contributed by atoms with van der Waals surface area (Å²) in [4.78, 5) is 4.68. The van der Waals surface area contributed by atoms with E-state index < -0.39 is 8.32 Å². The minimum atomic E-state index is -1.66. The molecule has 0 amide bonds. The van der Waals surface area contributed by atoms with E-state index in [1.165, 1.54) is 5.56 Å². The van der Waals surface area contributed by atoms with Gasteiger partial charge in [0.2, 0.25) is 8.32 Å². The molecule has 106 valence electrons. The Balaban J connectivity index is 2.39. The summed E-state index contributed by atoms with van der Waals surface area (Å²) in [5.41, 5.74) is 3.96. The average Bonchev–Trinajstić information content (AvgIpc) is 2.84. The molecule has 2 aromatic rings. The van der Waals surface area contributed by atoms with E-state index in [1.54, 1.807) is 6.20 Å². The molecule has 5 heteroatoms. The van der Waals surface area contributed by atoms with E-state index in [-0.39, 0.29) is 0 Å². The maximum absolute atomic E-state index is 6.14. The minimum absolute atomic E-state index is 0.868. The van der Waals surface area contributed by atoms with E-state index in [2.05, 4.69) is 53.9 Å². The smallest absolute Gasteiger partial charge is 0.242 e. The molecule has 0 aliphatic heterocycles. The van der Waals surface area contributed by atoms with E-state index >= 15 is 0 Å². The molecule has 0 spiro atoms. The van der Waals surface area contributed by atoms with Crippen molar-refractivity contribution in [2.24, 2.45) is 4.99 Å². The molecule has 1 N–H and O–H groups in total. The van der Waals surface area contributed by atoms with Crippen molar-refractivity contribution in [1.82, 2.24) is 10.2 Å². The van der Waals surface area contributed by atoms with Gasteiger partial charge < -0.3 is 4.43 Å². The lowest BCUT2D eigenvalue weighted by Gasteiger charge is -2.21. The lowest BCUT2D eigenvalue weighted by Crippen LogP contribution is -2.29. The van der Waals surface area contributed by atoms with Gasteiger partial charge in [-0.3, -0.25) is 5.10 Å². The van der Waals surface area contributed by atoms with Crippen molar-refractivity contribution in [3.63, 3.8) is 0 Å². The third-order valence-electron chi connectivity index (χ3n) is 2.74. The molecule has 20 heavy (non-hydrogen) atoms. The van der Waals surface area contributed by atoms with Crippen molar-refractivity contribution in [2.75, 3.05) is 0 Å². The number of aryl methyl sites for hydroxylation is 1. The summed E-state index contributed by atoms with van der Waals surface area (Å²) >= 11 is 0. The Bertz CT molecular complexity index is 613. The van der Waals surface area contributed by atoms with Crippen molar-refractivity contribution in [1.29, 1.82) is 0 Å². The van der Waals surface area contributed by atoms with Crippen LogP contribution in [0.5, 0.6) is 5.75 Å². The van der Waals surface area contributed by atoms with Crippen LogP contribution in [0.15, 0.2) is 35.6 Å². The fraction of sp³-hybridized carbons (Fsp3) is 0.333. The summed E-state index contributed by atoms with van der Waals surface area (Å²) in [6, 6.07) is 6.12. The second kappa shape index (κ2) is 5.62. The highest BCUT2D eigenvalue weighted by Gasteiger charge is 2.18. The number of H-pyrrole nitrogens is 1. The van der Waals surface area contributed by atoms with Gasteiger partial charge in [-0.1, -0.05) is 6.07 Å². The number of aromatic amines is 1. The highest BCUT2D eigenvalue weighted by molar-refractivity contribution is 6.70. The summed E-state index contributed by atoms with van der Waals surface area (Å²) in [7, 11) is -1.66. The molecule has 1 aromatic carbocycles. The predicted molar refractivity (Wildman–Crippen MR) is 85.6 cm³/mol. The van der Waals surface area contributed by atoms with Crippen molar-refractivity contribution >= 4 is 19.7 Å². The topological polar surface area (TPSA) is 50.3 Å². The molecule has 0 atom stereocenters. The van der Waals surface area contributed by atoms with Gasteiger partial charge in [-0.15, -0.1) is 0 Å². The second-order valence-electron chi connectivity index (χ2n) is 5.87. The van der Waals surface area contributed by atoms with Crippen molar-refractivity contribution < 1.29 is 4.43 Å². The van der Waals surface area contributed by atoms with Gasteiger partial charge in [0.05, 0.1) is 6.20 Å². The first-order valence-corrected chi connectivity index (χ1v) is 10.1. The van der Waals surface area contributed by atoms with Gasteiger partial charge in [0.25, 0.3) is 0 Å². The molecule has 0 unspecified atom stereocenters. The Labute approximate surface area is 121 Å². The highest BCUT2D eigenvalue weighted by Crippen LogP contribution is 2.31. The molecule has 0 fully saturated rings. The zero-order valence-electron chi connectivity index (χ0n) is 12.7. The molecular formula is C15H21N3OSi. The molecule has 0 saturated carbocycles. The fourth-order valence-electron chi connectivity index (χ4n) is 1.82. The number of hydrogen-bond acceptors (Lipinski definition) is 3. The fourth-order valence-corrected chi connectivity index (χ4v) is 2.64. The van der Waals surface area contributed by atoms with Crippen molar-refractivity contribution in [3.05, 3.63) is 41.7 Å².